The molecule has 0 amide bonds. The highest BCUT2D eigenvalue weighted by Crippen LogP contribution is 2.40. The van der Waals surface area contributed by atoms with Gasteiger partial charge in [-0.05, 0) is 49.3 Å². The van der Waals surface area contributed by atoms with Gasteiger partial charge in [0.1, 0.15) is 11.6 Å². The first-order chi connectivity index (χ1) is 17.7. The zero-order valence-corrected chi connectivity index (χ0v) is 21.4. The smallest absolute Gasteiger partial charge is 0.202 e. The second kappa shape index (κ2) is 12.2. The molecule has 0 bridgehead atoms. The van der Waals surface area contributed by atoms with Crippen molar-refractivity contribution in [1.29, 1.82) is 0 Å². The topological polar surface area (TPSA) is 38.5 Å². The van der Waals surface area contributed by atoms with E-state index in [0.29, 0.717) is 24.0 Å². The summed E-state index contributed by atoms with van der Waals surface area (Å²) in [5.74, 6) is 2.89. The molecule has 5 rings (SSSR count). The molecule has 0 radical (unpaired) electrons. The van der Waals surface area contributed by atoms with Gasteiger partial charge < -0.3 is 9.15 Å². The predicted molar refractivity (Wildman–Crippen MR) is 140 cm³/mol. The van der Waals surface area contributed by atoms with Crippen molar-refractivity contribution in [3.63, 3.8) is 0 Å². The van der Waals surface area contributed by atoms with Gasteiger partial charge in [0.2, 0.25) is 5.89 Å². The van der Waals surface area contributed by atoms with E-state index in [4.69, 9.17) is 14.1 Å². The maximum Gasteiger partial charge on any atom is 0.202 e. The van der Waals surface area contributed by atoms with Crippen molar-refractivity contribution < 1.29 is 13.5 Å². The molecule has 4 nitrogen and oxygen atoms in total. The molecule has 36 heavy (non-hydrogen) atoms. The van der Waals surface area contributed by atoms with Gasteiger partial charge in [-0.3, -0.25) is 4.90 Å². The van der Waals surface area contributed by atoms with Crippen molar-refractivity contribution in [2.75, 3.05) is 13.1 Å². The van der Waals surface area contributed by atoms with Crippen LogP contribution in [0.2, 0.25) is 0 Å². The van der Waals surface area contributed by atoms with E-state index in [1.54, 1.807) is 6.07 Å². The number of halogens is 1. The Kier molecular flexibility index (Phi) is 8.50. The number of hydrogen-bond acceptors (Lipinski definition) is 4. The summed E-state index contributed by atoms with van der Waals surface area (Å²) in [5.41, 5.74) is 1.93. The number of hydrogen-bond donors (Lipinski definition) is 0. The largest absolute Gasteiger partial charge is 0.444 e. The Morgan fingerprint density at radius 2 is 1.81 bits per heavy atom. The number of likely N-dealkylation sites (tertiary alicyclic amines) is 1. The minimum atomic E-state index is -0.196. The van der Waals surface area contributed by atoms with Gasteiger partial charge in [0.05, 0.1) is 31.4 Å². The summed E-state index contributed by atoms with van der Waals surface area (Å²) >= 11 is 0. The third-order valence-electron chi connectivity index (χ3n) is 8.21. The van der Waals surface area contributed by atoms with E-state index in [-0.39, 0.29) is 17.8 Å². The van der Waals surface area contributed by atoms with E-state index in [9.17, 15) is 4.39 Å². The number of oxazole rings is 1. The molecule has 1 aliphatic carbocycles. The summed E-state index contributed by atoms with van der Waals surface area (Å²) in [4.78, 5) is 7.21. The van der Waals surface area contributed by atoms with Crippen molar-refractivity contribution in [2.24, 2.45) is 11.8 Å². The normalized spacial score (nSPS) is 22.5. The maximum atomic E-state index is 14.1. The second-order valence-corrected chi connectivity index (χ2v) is 10.6. The van der Waals surface area contributed by atoms with E-state index in [2.05, 4.69) is 42.2 Å². The molecule has 1 saturated heterocycles. The molecule has 2 aromatic carbocycles. The number of ether oxygens (including phenoxy) is 1. The maximum absolute atomic E-state index is 14.1. The van der Waals surface area contributed by atoms with Gasteiger partial charge in [0.25, 0.3) is 0 Å². The number of piperidine rings is 1. The van der Waals surface area contributed by atoms with Crippen molar-refractivity contribution in [3.8, 4) is 0 Å². The Balaban J connectivity index is 1.26. The molecular weight excluding hydrogens is 451 g/mol. The van der Waals surface area contributed by atoms with Gasteiger partial charge >= 0.3 is 0 Å². The number of nitrogens with zero attached hydrogens (tertiary/aromatic N) is 2. The van der Waals surface area contributed by atoms with Gasteiger partial charge in [0.15, 0.2) is 0 Å². The highest BCUT2D eigenvalue weighted by atomic mass is 19.1. The third-order valence-corrected chi connectivity index (χ3v) is 8.21. The summed E-state index contributed by atoms with van der Waals surface area (Å²) in [7, 11) is 0. The van der Waals surface area contributed by atoms with Crippen LogP contribution in [0.4, 0.5) is 4.39 Å². The molecule has 2 heterocycles. The lowest BCUT2D eigenvalue weighted by atomic mass is 9.77. The van der Waals surface area contributed by atoms with Crippen LogP contribution in [0.15, 0.2) is 65.2 Å². The molecule has 2 fully saturated rings. The number of rotatable bonds is 9. The SMILES string of the molecule is CCC1CCN(Cc2cnc(C(c3ccccc3)C3CCCCC3)o2)CC1OCc1ccccc1F. The molecule has 1 aromatic heterocycles. The van der Waals surface area contributed by atoms with Gasteiger partial charge in [-0.2, -0.15) is 0 Å². The first kappa shape index (κ1) is 25.2. The Hall–Kier alpha value is -2.50. The molecule has 3 atom stereocenters. The highest BCUT2D eigenvalue weighted by Gasteiger charge is 2.32. The lowest BCUT2D eigenvalue weighted by Crippen LogP contribution is -2.44. The van der Waals surface area contributed by atoms with Crippen LogP contribution in [0.5, 0.6) is 0 Å². The van der Waals surface area contributed by atoms with E-state index in [0.717, 1.165) is 44.1 Å². The van der Waals surface area contributed by atoms with Gasteiger partial charge in [-0.1, -0.05) is 81.1 Å². The number of aromatic nitrogens is 1. The molecule has 1 saturated carbocycles. The molecule has 0 N–H and O–H groups in total. The van der Waals surface area contributed by atoms with Crippen molar-refractivity contribution in [3.05, 3.63) is 89.4 Å². The summed E-state index contributed by atoms with van der Waals surface area (Å²) in [6.45, 7) is 5.10. The van der Waals surface area contributed by atoms with Crippen LogP contribution >= 0.6 is 0 Å². The van der Waals surface area contributed by atoms with E-state index >= 15 is 0 Å². The molecular formula is C31H39FN2O2. The fourth-order valence-corrected chi connectivity index (χ4v) is 6.14. The summed E-state index contributed by atoms with van der Waals surface area (Å²) < 4.78 is 26.8. The summed E-state index contributed by atoms with van der Waals surface area (Å²) in [6.07, 6.45) is 10.6. The fraction of sp³-hybridized carbons (Fsp3) is 0.516. The molecule has 1 aliphatic heterocycles. The standard InChI is InChI=1S/C31H39FN2O2/c1-2-23-17-18-34(21-29(23)35-22-26-15-9-10-16-28(26)32)20-27-19-33-31(36-27)30(24-11-5-3-6-12-24)25-13-7-4-8-14-25/h3,5-6,9-12,15-16,19,23,25,29-30H,2,4,7-8,13-14,17-18,20-22H2,1H3. The zero-order valence-electron chi connectivity index (χ0n) is 21.4. The first-order valence-electron chi connectivity index (χ1n) is 13.8. The third kappa shape index (κ3) is 6.07. The van der Waals surface area contributed by atoms with E-state index in [1.807, 2.05) is 18.3 Å². The molecule has 3 aromatic rings. The van der Waals surface area contributed by atoms with Gasteiger partial charge in [-0.25, -0.2) is 9.37 Å². The average Bonchev–Trinajstić information content (AvgIpc) is 3.37. The molecule has 2 aliphatic rings. The minimum Gasteiger partial charge on any atom is -0.444 e. The summed E-state index contributed by atoms with van der Waals surface area (Å²) in [6, 6.07) is 17.6. The molecule has 0 spiro atoms. The Labute approximate surface area is 214 Å². The molecule has 5 heteroatoms. The fourth-order valence-electron chi connectivity index (χ4n) is 6.14. The average molecular weight is 491 g/mol. The lowest BCUT2D eigenvalue weighted by Gasteiger charge is -2.37. The van der Waals surface area contributed by atoms with Crippen LogP contribution in [0.3, 0.4) is 0 Å². The first-order valence-corrected chi connectivity index (χ1v) is 13.8. The second-order valence-electron chi connectivity index (χ2n) is 10.6. The van der Waals surface area contributed by atoms with Crippen LogP contribution in [0, 0.1) is 17.7 Å². The Bertz CT molecular complexity index is 1080. The minimum absolute atomic E-state index is 0.0880. The van der Waals surface area contributed by atoms with Crippen LogP contribution in [-0.2, 0) is 17.9 Å². The highest BCUT2D eigenvalue weighted by molar-refractivity contribution is 5.26. The van der Waals surface area contributed by atoms with Crippen molar-refractivity contribution in [2.45, 2.75) is 77.0 Å². The van der Waals surface area contributed by atoms with Gasteiger partial charge in [0, 0.05) is 12.1 Å². The van der Waals surface area contributed by atoms with Crippen molar-refractivity contribution >= 4 is 0 Å². The zero-order chi connectivity index (χ0) is 24.7. The monoisotopic (exact) mass is 490 g/mol. The predicted octanol–water partition coefficient (Wildman–Crippen LogP) is 7.34. The molecule has 3 unspecified atom stereocenters. The van der Waals surface area contributed by atoms with E-state index < -0.39 is 0 Å². The lowest BCUT2D eigenvalue weighted by molar-refractivity contribution is -0.0512. The van der Waals surface area contributed by atoms with Crippen LogP contribution in [-0.4, -0.2) is 29.1 Å². The summed E-state index contributed by atoms with van der Waals surface area (Å²) in [5, 5.41) is 0. The molecule has 192 valence electrons. The van der Waals surface area contributed by atoms with Crippen LogP contribution in [0.25, 0.3) is 0 Å². The van der Waals surface area contributed by atoms with Crippen molar-refractivity contribution in [1.82, 2.24) is 9.88 Å². The van der Waals surface area contributed by atoms with Crippen LogP contribution < -0.4 is 0 Å². The van der Waals surface area contributed by atoms with Crippen LogP contribution in [0.1, 0.15) is 80.6 Å². The quantitative estimate of drug-likeness (QED) is 0.314. The van der Waals surface area contributed by atoms with E-state index in [1.165, 1.54) is 43.7 Å². The van der Waals surface area contributed by atoms with Gasteiger partial charge in [-0.15, -0.1) is 0 Å². The Morgan fingerprint density at radius 3 is 2.58 bits per heavy atom. The number of benzene rings is 2. The Morgan fingerprint density at radius 1 is 1.03 bits per heavy atom.